The van der Waals surface area contributed by atoms with Gasteiger partial charge in [0, 0.05) is 41.2 Å². The Morgan fingerprint density at radius 2 is 1.73 bits per heavy atom. The number of aromatic nitrogens is 3. The Hall–Kier alpha value is -4.76. The number of hydrogen-bond acceptors (Lipinski definition) is 6. The highest BCUT2D eigenvalue weighted by Crippen LogP contribution is 2.40. The molecule has 0 unspecified atom stereocenters. The van der Waals surface area contributed by atoms with Gasteiger partial charge in [-0.15, -0.1) is 0 Å². The summed E-state index contributed by atoms with van der Waals surface area (Å²) >= 11 is 0. The first-order valence-corrected chi connectivity index (χ1v) is 13.6. The maximum Gasteiger partial charge on any atom is 0.407 e. The molecule has 2 aromatic heterocycles. The fourth-order valence-corrected chi connectivity index (χ4v) is 5.44. The summed E-state index contributed by atoms with van der Waals surface area (Å²) in [6.45, 7) is 5.49. The number of ether oxygens (including phenoxy) is 1. The smallest absolute Gasteiger partial charge is 0.407 e. The Balaban J connectivity index is 1.52. The van der Waals surface area contributed by atoms with Gasteiger partial charge < -0.3 is 10.1 Å². The number of benzene rings is 2. The van der Waals surface area contributed by atoms with Gasteiger partial charge in [-0.05, 0) is 82.3 Å². The normalized spacial score (nSPS) is 17.0. The van der Waals surface area contributed by atoms with E-state index < -0.39 is 17.5 Å². The number of nitriles is 2. The number of carbonyl (C=O) groups is 1. The Kier molecular flexibility index (Phi) is 7.47. The minimum Gasteiger partial charge on any atom is -0.444 e. The molecule has 1 aliphatic rings. The molecule has 0 bridgehead atoms. The second-order valence-corrected chi connectivity index (χ2v) is 11.5. The van der Waals surface area contributed by atoms with Gasteiger partial charge in [0.2, 0.25) is 0 Å². The van der Waals surface area contributed by atoms with Crippen molar-refractivity contribution < 1.29 is 13.9 Å². The summed E-state index contributed by atoms with van der Waals surface area (Å²) in [7, 11) is 1.86. The largest absolute Gasteiger partial charge is 0.444 e. The lowest BCUT2D eigenvalue weighted by molar-refractivity contribution is 0.0491. The molecule has 2 heterocycles. The second kappa shape index (κ2) is 11.0. The number of halogens is 1. The summed E-state index contributed by atoms with van der Waals surface area (Å²) in [5.41, 5.74) is 3.86. The van der Waals surface area contributed by atoms with Crippen LogP contribution in [0.1, 0.15) is 69.2 Å². The third-order valence-corrected chi connectivity index (χ3v) is 7.42. The lowest BCUT2D eigenvalue weighted by atomic mass is 9.82. The van der Waals surface area contributed by atoms with Crippen molar-refractivity contribution in [3.63, 3.8) is 0 Å². The minimum atomic E-state index is -0.641. The summed E-state index contributed by atoms with van der Waals surface area (Å²) in [5.74, 6) is -0.575. The number of amides is 1. The SMILES string of the molecule is Cn1ncc2cc(-c3c(C#N)cc(C4CCC(NC(=O)OC(C)(C)C)CC4)nc3-c3ccc(C#N)c(F)c3)ccc21. The van der Waals surface area contributed by atoms with Crippen molar-refractivity contribution in [1.29, 1.82) is 10.5 Å². The number of alkyl carbamates (subject to hydrolysis) is 1. The number of fused-ring (bicyclic) bond motifs is 1. The number of nitrogens with zero attached hydrogens (tertiary/aromatic N) is 5. The monoisotopic (exact) mass is 550 g/mol. The minimum absolute atomic E-state index is 0.00545. The third-order valence-electron chi connectivity index (χ3n) is 7.42. The van der Waals surface area contributed by atoms with Crippen LogP contribution >= 0.6 is 0 Å². The summed E-state index contributed by atoms with van der Waals surface area (Å²) in [6.07, 6.45) is 4.35. The molecule has 1 amide bonds. The second-order valence-electron chi connectivity index (χ2n) is 11.5. The van der Waals surface area contributed by atoms with E-state index in [1.54, 1.807) is 16.9 Å². The van der Waals surface area contributed by atoms with Gasteiger partial charge >= 0.3 is 6.09 Å². The van der Waals surface area contributed by atoms with Gasteiger partial charge in [0.05, 0.1) is 34.6 Å². The van der Waals surface area contributed by atoms with Crippen LogP contribution in [0, 0.1) is 28.5 Å². The van der Waals surface area contributed by atoms with Crippen molar-refractivity contribution in [3.8, 4) is 34.5 Å². The molecule has 1 saturated carbocycles. The van der Waals surface area contributed by atoms with Gasteiger partial charge in [-0.3, -0.25) is 9.67 Å². The third kappa shape index (κ3) is 5.90. The lowest BCUT2D eigenvalue weighted by Crippen LogP contribution is -2.40. The highest BCUT2D eigenvalue weighted by Gasteiger charge is 2.28. The van der Waals surface area contributed by atoms with Gasteiger partial charge in [-0.2, -0.15) is 15.6 Å². The van der Waals surface area contributed by atoms with Crippen molar-refractivity contribution in [2.45, 2.75) is 64.0 Å². The molecule has 0 radical (unpaired) electrons. The van der Waals surface area contributed by atoms with E-state index in [2.05, 4.69) is 16.5 Å². The Bertz CT molecular complexity index is 1720. The summed E-state index contributed by atoms with van der Waals surface area (Å²) < 4.78 is 22.0. The first kappa shape index (κ1) is 27.8. The molecule has 4 aromatic rings. The molecule has 41 heavy (non-hydrogen) atoms. The first-order valence-electron chi connectivity index (χ1n) is 13.6. The van der Waals surface area contributed by atoms with Gasteiger partial charge in [0.25, 0.3) is 0 Å². The summed E-state index contributed by atoms with van der Waals surface area (Å²) in [4.78, 5) is 17.3. The number of pyridine rings is 1. The summed E-state index contributed by atoms with van der Waals surface area (Å²) in [6, 6.07) is 16.3. The maximum atomic E-state index is 14.8. The molecule has 1 fully saturated rings. The van der Waals surface area contributed by atoms with E-state index in [-0.39, 0.29) is 17.5 Å². The van der Waals surface area contributed by atoms with Crippen molar-refractivity contribution in [3.05, 3.63) is 71.3 Å². The number of rotatable bonds is 4. The van der Waals surface area contributed by atoms with Crippen LogP contribution in [0.3, 0.4) is 0 Å². The molecule has 1 N–H and O–H groups in total. The van der Waals surface area contributed by atoms with Crippen LogP contribution in [0.5, 0.6) is 0 Å². The number of hydrogen-bond donors (Lipinski definition) is 1. The van der Waals surface area contributed by atoms with Crippen LogP contribution in [-0.4, -0.2) is 32.5 Å². The van der Waals surface area contributed by atoms with Crippen LogP contribution in [0.4, 0.5) is 9.18 Å². The standard InChI is InChI=1S/C32H31FN6O2/c1-32(2,3)41-31(40)37-25-10-7-19(8-11-25)27-15-23(17-35)29(20-9-12-28-24(13-20)18-36-39(28)4)30(38-27)21-5-6-22(16-34)26(33)14-21/h5-6,9,12-15,18-19,25H,7-8,10-11H2,1-4H3,(H,37,40). The van der Waals surface area contributed by atoms with E-state index in [1.807, 2.05) is 58.2 Å². The van der Waals surface area contributed by atoms with E-state index in [0.29, 0.717) is 22.4 Å². The van der Waals surface area contributed by atoms with E-state index >= 15 is 0 Å². The van der Waals surface area contributed by atoms with E-state index in [0.717, 1.165) is 47.8 Å². The molecule has 208 valence electrons. The topological polar surface area (TPSA) is 117 Å². The Labute approximate surface area is 238 Å². The quantitative estimate of drug-likeness (QED) is 0.301. The van der Waals surface area contributed by atoms with Crippen molar-refractivity contribution in [2.24, 2.45) is 7.05 Å². The van der Waals surface area contributed by atoms with Crippen LogP contribution in [0.2, 0.25) is 0 Å². The summed E-state index contributed by atoms with van der Waals surface area (Å²) in [5, 5.41) is 27.7. The van der Waals surface area contributed by atoms with Crippen LogP contribution in [0.25, 0.3) is 33.3 Å². The fourth-order valence-electron chi connectivity index (χ4n) is 5.44. The van der Waals surface area contributed by atoms with Gasteiger partial charge in [-0.1, -0.05) is 12.1 Å². The molecule has 8 nitrogen and oxygen atoms in total. The van der Waals surface area contributed by atoms with Crippen LogP contribution in [-0.2, 0) is 11.8 Å². The van der Waals surface area contributed by atoms with Gasteiger partial charge in [0.15, 0.2) is 0 Å². The number of nitrogens with one attached hydrogen (secondary N) is 1. The predicted octanol–water partition coefficient (Wildman–Crippen LogP) is 6.74. The molecule has 5 rings (SSSR count). The fraction of sp³-hybridized carbons (Fsp3) is 0.344. The van der Waals surface area contributed by atoms with Crippen molar-refractivity contribution in [1.82, 2.24) is 20.1 Å². The predicted molar refractivity (Wildman–Crippen MR) is 153 cm³/mol. The highest BCUT2D eigenvalue weighted by atomic mass is 19.1. The van der Waals surface area contributed by atoms with E-state index in [9.17, 15) is 19.7 Å². The number of aryl methyl sites for hydroxylation is 1. The molecular formula is C32H31FN6O2. The molecule has 9 heteroatoms. The van der Waals surface area contributed by atoms with E-state index in [4.69, 9.17) is 9.72 Å². The maximum absolute atomic E-state index is 14.8. The molecule has 0 spiro atoms. The average Bonchev–Trinajstić information content (AvgIpc) is 3.31. The molecule has 1 aliphatic carbocycles. The van der Waals surface area contributed by atoms with Crippen LogP contribution in [0.15, 0.2) is 48.7 Å². The van der Waals surface area contributed by atoms with Gasteiger partial charge in [-0.25, -0.2) is 9.18 Å². The number of carbonyl (C=O) groups excluding carboxylic acids is 1. The zero-order valence-electron chi connectivity index (χ0n) is 23.5. The van der Waals surface area contributed by atoms with Crippen molar-refractivity contribution in [2.75, 3.05) is 0 Å². The van der Waals surface area contributed by atoms with Gasteiger partial charge in [0.1, 0.15) is 17.5 Å². The zero-order chi connectivity index (χ0) is 29.3. The molecule has 0 atom stereocenters. The van der Waals surface area contributed by atoms with Crippen LogP contribution < -0.4 is 5.32 Å². The lowest BCUT2D eigenvalue weighted by Gasteiger charge is -2.30. The molecular weight excluding hydrogens is 519 g/mol. The Morgan fingerprint density at radius 3 is 2.39 bits per heavy atom. The molecule has 0 saturated heterocycles. The van der Waals surface area contributed by atoms with E-state index in [1.165, 1.54) is 12.1 Å². The average molecular weight is 551 g/mol. The zero-order valence-corrected chi connectivity index (χ0v) is 23.5. The molecule has 2 aromatic carbocycles. The first-order chi connectivity index (χ1) is 19.6. The molecule has 0 aliphatic heterocycles. The Morgan fingerprint density at radius 1 is 1.02 bits per heavy atom. The van der Waals surface area contributed by atoms with Crippen molar-refractivity contribution >= 4 is 17.0 Å². The highest BCUT2D eigenvalue weighted by molar-refractivity contribution is 5.91.